The topological polar surface area (TPSA) is 50.4 Å². The lowest BCUT2D eigenvalue weighted by Crippen LogP contribution is -2.42. The van der Waals surface area contributed by atoms with Gasteiger partial charge in [0, 0.05) is 6.04 Å². The molecule has 0 atom stereocenters. The quantitative estimate of drug-likeness (QED) is 0.889. The van der Waals surface area contributed by atoms with Crippen molar-refractivity contribution in [3.63, 3.8) is 0 Å². The summed E-state index contributed by atoms with van der Waals surface area (Å²) in [6, 6.07) is 7.66. The Balaban J connectivity index is 0.00000180. The van der Waals surface area contributed by atoms with Crippen LogP contribution in [0, 0.1) is 0 Å². The molecule has 0 radical (unpaired) electrons. The predicted molar refractivity (Wildman–Crippen MR) is 78.2 cm³/mol. The average molecular weight is 285 g/mol. The molecule has 0 saturated carbocycles. The first-order valence-electron chi connectivity index (χ1n) is 6.54. The zero-order valence-corrected chi connectivity index (χ0v) is 12.0. The van der Waals surface area contributed by atoms with Crippen LogP contribution in [0.25, 0.3) is 0 Å². The molecule has 5 heteroatoms. The van der Waals surface area contributed by atoms with E-state index in [4.69, 9.17) is 4.74 Å². The van der Waals surface area contributed by atoms with Crippen LogP contribution >= 0.6 is 12.4 Å². The molecule has 1 heterocycles. The fourth-order valence-electron chi connectivity index (χ4n) is 2.17. The largest absolute Gasteiger partial charge is 0.493 e. The summed E-state index contributed by atoms with van der Waals surface area (Å²) < 4.78 is 5.47. The van der Waals surface area contributed by atoms with E-state index >= 15 is 0 Å². The summed E-state index contributed by atoms with van der Waals surface area (Å²) >= 11 is 0. The number of piperidine rings is 1. The Morgan fingerprint density at radius 2 is 2.05 bits per heavy atom. The number of rotatable bonds is 4. The second kappa shape index (κ2) is 8.02. The Morgan fingerprint density at radius 3 is 2.74 bits per heavy atom. The van der Waals surface area contributed by atoms with Gasteiger partial charge in [-0.05, 0) is 45.0 Å². The molecule has 2 rings (SSSR count). The van der Waals surface area contributed by atoms with Crippen molar-refractivity contribution in [1.82, 2.24) is 10.6 Å². The lowest BCUT2D eigenvalue weighted by molar-refractivity contribution is 0.0926. The number of halogens is 1. The second-order valence-corrected chi connectivity index (χ2v) is 4.43. The van der Waals surface area contributed by atoms with E-state index in [1.807, 2.05) is 25.1 Å². The molecule has 0 unspecified atom stereocenters. The van der Waals surface area contributed by atoms with Gasteiger partial charge in [-0.2, -0.15) is 0 Å². The molecule has 2 N–H and O–H groups in total. The van der Waals surface area contributed by atoms with Gasteiger partial charge in [0.1, 0.15) is 5.75 Å². The summed E-state index contributed by atoms with van der Waals surface area (Å²) in [6.07, 6.45) is 1.98. The maximum absolute atomic E-state index is 12.2. The Hall–Kier alpha value is -1.26. The summed E-state index contributed by atoms with van der Waals surface area (Å²) in [5.74, 6) is 0.623. The number of hydrogen-bond acceptors (Lipinski definition) is 3. The summed E-state index contributed by atoms with van der Waals surface area (Å²) in [7, 11) is 0. The molecule has 1 amide bonds. The van der Waals surface area contributed by atoms with E-state index in [2.05, 4.69) is 10.6 Å². The van der Waals surface area contributed by atoms with Gasteiger partial charge in [0.15, 0.2) is 0 Å². The number of nitrogens with one attached hydrogen (secondary N) is 2. The molecule has 0 aliphatic carbocycles. The molecule has 4 nitrogen and oxygen atoms in total. The van der Waals surface area contributed by atoms with Gasteiger partial charge in [0.25, 0.3) is 5.91 Å². The maximum atomic E-state index is 12.2. The van der Waals surface area contributed by atoms with Crippen molar-refractivity contribution in [3.05, 3.63) is 29.8 Å². The number of hydrogen-bond donors (Lipinski definition) is 2. The molecule has 0 aromatic heterocycles. The number of benzene rings is 1. The number of carbonyl (C=O) groups excluding carboxylic acids is 1. The molecule has 1 aromatic carbocycles. The molecular weight excluding hydrogens is 264 g/mol. The van der Waals surface area contributed by atoms with Crippen molar-refractivity contribution in [2.24, 2.45) is 0 Å². The molecule has 0 spiro atoms. The van der Waals surface area contributed by atoms with E-state index < -0.39 is 0 Å². The molecule has 19 heavy (non-hydrogen) atoms. The van der Waals surface area contributed by atoms with Crippen LogP contribution in [0.1, 0.15) is 30.1 Å². The molecular formula is C14H21ClN2O2. The lowest BCUT2D eigenvalue weighted by Gasteiger charge is -2.24. The standard InChI is InChI=1S/C14H20N2O2.ClH/c1-2-18-13-6-4-3-5-12(13)14(17)16-11-7-9-15-10-8-11;/h3-6,11,15H,2,7-10H2,1H3,(H,16,17);1H. The molecule has 1 aliphatic heterocycles. The summed E-state index contributed by atoms with van der Waals surface area (Å²) in [4.78, 5) is 12.2. The Morgan fingerprint density at radius 1 is 1.37 bits per heavy atom. The van der Waals surface area contributed by atoms with E-state index in [0.29, 0.717) is 17.9 Å². The Bertz CT molecular complexity index is 406. The van der Waals surface area contributed by atoms with Crippen LogP contribution in [-0.2, 0) is 0 Å². The summed E-state index contributed by atoms with van der Waals surface area (Å²) in [5, 5.41) is 6.36. The average Bonchev–Trinajstić information content (AvgIpc) is 2.41. The van der Waals surface area contributed by atoms with Gasteiger partial charge in [-0.1, -0.05) is 12.1 Å². The summed E-state index contributed by atoms with van der Waals surface area (Å²) in [6.45, 7) is 4.43. The normalized spacial score (nSPS) is 15.4. The van der Waals surface area contributed by atoms with Gasteiger partial charge in [-0.15, -0.1) is 12.4 Å². The monoisotopic (exact) mass is 284 g/mol. The fourth-order valence-corrected chi connectivity index (χ4v) is 2.17. The maximum Gasteiger partial charge on any atom is 0.255 e. The van der Waals surface area contributed by atoms with E-state index in [9.17, 15) is 4.79 Å². The zero-order valence-electron chi connectivity index (χ0n) is 11.1. The van der Waals surface area contributed by atoms with Crippen LogP contribution in [0.3, 0.4) is 0 Å². The van der Waals surface area contributed by atoms with Crippen LogP contribution in [0.15, 0.2) is 24.3 Å². The third-order valence-electron chi connectivity index (χ3n) is 3.11. The lowest BCUT2D eigenvalue weighted by atomic mass is 10.1. The van der Waals surface area contributed by atoms with Crippen LogP contribution in [0.2, 0.25) is 0 Å². The van der Waals surface area contributed by atoms with E-state index in [0.717, 1.165) is 25.9 Å². The Kier molecular flexibility index (Phi) is 6.67. The van der Waals surface area contributed by atoms with Gasteiger partial charge in [-0.3, -0.25) is 4.79 Å². The van der Waals surface area contributed by atoms with Gasteiger partial charge in [0.05, 0.1) is 12.2 Å². The number of carbonyl (C=O) groups is 1. The van der Waals surface area contributed by atoms with Crippen molar-refractivity contribution in [2.75, 3.05) is 19.7 Å². The highest BCUT2D eigenvalue weighted by atomic mass is 35.5. The number of para-hydroxylation sites is 1. The van der Waals surface area contributed by atoms with Crippen LogP contribution in [0.4, 0.5) is 0 Å². The van der Waals surface area contributed by atoms with E-state index in [1.54, 1.807) is 6.07 Å². The predicted octanol–water partition coefficient (Wildman–Crippen LogP) is 1.99. The molecule has 0 bridgehead atoms. The van der Waals surface area contributed by atoms with Crippen molar-refractivity contribution < 1.29 is 9.53 Å². The fraction of sp³-hybridized carbons (Fsp3) is 0.500. The minimum atomic E-state index is -0.0362. The molecule has 106 valence electrons. The van der Waals surface area contributed by atoms with Gasteiger partial charge >= 0.3 is 0 Å². The SMILES string of the molecule is CCOc1ccccc1C(=O)NC1CCNCC1.Cl. The first-order valence-corrected chi connectivity index (χ1v) is 6.54. The number of ether oxygens (including phenoxy) is 1. The van der Waals surface area contributed by atoms with Crippen LogP contribution < -0.4 is 15.4 Å². The first kappa shape index (κ1) is 15.8. The molecule has 1 saturated heterocycles. The van der Waals surface area contributed by atoms with E-state index in [-0.39, 0.29) is 24.4 Å². The summed E-state index contributed by atoms with van der Waals surface area (Å²) in [5.41, 5.74) is 0.623. The third kappa shape index (κ3) is 4.40. The molecule has 1 aromatic rings. The van der Waals surface area contributed by atoms with Gasteiger partial charge in [-0.25, -0.2) is 0 Å². The van der Waals surface area contributed by atoms with Gasteiger partial charge in [0.2, 0.25) is 0 Å². The highest BCUT2D eigenvalue weighted by Crippen LogP contribution is 2.18. The zero-order chi connectivity index (χ0) is 12.8. The van der Waals surface area contributed by atoms with E-state index in [1.165, 1.54) is 0 Å². The third-order valence-corrected chi connectivity index (χ3v) is 3.11. The smallest absolute Gasteiger partial charge is 0.255 e. The highest BCUT2D eigenvalue weighted by Gasteiger charge is 2.18. The molecule has 1 aliphatic rings. The van der Waals surface area contributed by atoms with Crippen LogP contribution in [-0.4, -0.2) is 31.6 Å². The Labute approximate surface area is 120 Å². The van der Waals surface area contributed by atoms with Crippen molar-refractivity contribution in [2.45, 2.75) is 25.8 Å². The van der Waals surface area contributed by atoms with Crippen molar-refractivity contribution in [1.29, 1.82) is 0 Å². The van der Waals surface area contributed by atoms with Gasteiger partial charge < -0.3 is 15.4 Å². The highest BCUT2D eigenvalue weighted by molar-refractivity contribution is 5.97. The second-order valence-electron chi connectivity index (χ2n) is 4.43. The first-order chi connectivity index (χ1) is 8.81. The van der Waals surface area contributed by atoms with Crippen molar-refractivity contribution >= 4 is 18.3 Å². The number of amides is 1. The van der Waals surface area contributed by atoms with Crippen LogP contribution in [0.5, 0.6) is 5.75 Å². The molecule has 1 fully saturated rings. The minimum absolute atomic E-state index is 0. The van der Waals surface area contributed by atoms with Crippen molar-refractivity contribution in [3.8, 4) is 5.75 Å². The minimum Gasteiger partial charge on any atom is -0.493 e.